The van der Waals surface area contributed by atoms with Gasteiger partial charge >= 0.3 is 0 Å². The Bertz CT molecular complexity index is 372. The van der Waals surface area contributed by atoms with Gasteiger partial charge in [-0.2, -0.15) is 0 Å². The Morgan fingerprint density at radius 1 is 1.31 bits per heavy atom. The molecule has 0 spiro atoms. The molecule has 0 amide bonds. The van der Waals surface area contributed by atoms with Gasteiger partial charge in [-0.3, -0.25) is 0 Å². The zero-order valence-electron chi connectivity index (χ0n) is 9.89. The fraction of sp³-hybridized carbons (Fsp3) is 0.600. The SMILES string of the molecule is CCCC1CC1(O)C1CC1c1ccccc1. The van der Waals surface area contributed by atoms with Crippen molar-refractivity contribution in [1.29, 1.82) is 0 Å². The largest absolute Gasteiger partial charge is 0.389 e. The van der Waals surface area contributed by atoms with Crippen LogP contribution in [0.2, 0.25) is 0 Å². The molecule has 2 aliphatic carbocycles. The van der Waals surface area contributed by atoms with E-state index < -0.39 is 0 Å². The fourth-order valence-corrected chi connectivity index (χ4v) is 3.31. The maximum absolute atomic E-state index is 10.5. The third kappa shape index (κ3) is 1.58. The van der Waals surface area contributed by atoms with Gasteiger partial charge in [0.15, 0.2) is 0 Å². The van der Waals surface area contributed by atoms with Crippen molar-refractivity contribution in [2.75, 3.05) is 0 Å². The first-order valence-corrected chi connectivity index (χ1v) is 6.53. The maximum atomic E-state index is 10.5. The maximum Gasteiger partial charge on any atom is 0.0714 e. The number of rotatable bonds is 4. The van der Waals surface area contributed by atoms with Crippen molar-refractivity contribution in [1.82, 2.24) is 0 Å². The number of benzene rings is 1. The first-order chi connectivity index (χ1) is 7.75. The lowest BCUT2D eigenvalue weighted by molar-refractivity contribution is 0.103. The summed E-state index contributed by atoms with van der Waals surface area (Å²) in [6, 6.07) is 10.7. The van der Waals surface area contributed by atoms with Crippen molar-refractivity contribution in [2.45, 2.75) is 44.1 Å². The first-order valence-electron chi connectivity index (χ1n) is 6.53. The van der Waals surface area contributed by atoms with E-state index >= 15 is 0 Å². The summed E-state index contributed by atoms with van der Waals surface area (Å²) in [5.74, 6) is 1.77. The summed E-state index contributed by atoms with van der Waals surface area (Å²) in [4.78, 5) is 0. The average Bonchev–Trinajstić information content (AvgIpc) is 3.18. The van der Waals surface area contributed by atoms with Crippen LogP contribution in [0.3, 0.4) is 0 Å². The van der Waals surface area contributed by atoms with Crippen molar-refractivity contribution in [3.63, 3.8) is 0 Å². The van der Waals surface area contributed by atoms with Crippen LogP contribution in [0, 0.1) is 11.8 Å². The summed E-state index contributed by atoms with van der Waals surface area (Å²) in [6.45, 7) is 2.21. The summed E-state index contributed by atoms with van der Waals surface area (Å²) in [5, 5.41) is 10.5. The summed E-state index contributed by atoms with van der Waals surface area (Å²) < 4.78 is 0. The molecule has 3 rings (SSSR count). The van der Waals surface area contributed by atoms with Crippen LogP contribution >= 0.6 is 0 Å². The zero-order chi connectivity index (χ0) is 11.2. The monoisotopic (exact) mass is 216 g/mol. The summed E-state index contributed by atoms with van der Waals surface area (Å²) >= 11 is 0. The van der Waals surface area contributed by atoms with Gasteiger partial charge < -0.3 is 5.11 Å². The second-order valence-corrected chi connectivity index (χ2v) is 5.54. The Morgan fingerprint density at radius 3 is 2.75 bits per heavy atom. The van der Waals surface area contributed by atoms with Gasteiger partial charge in [-0.25, -0.2) is 0 Å². The smallest absolute Gasteiger partial charge is 0.0714 e. The molecule has 2 saturated carbocycles. The number of aliphatic hydroxyl groups is 1. The van der Waals surface area contributed by atoms with E-state index in [1.165, 1.54) is 24.8 Å². The molecule has 1 heteroatoms. The lowest BCUT2D eigenvalue weighted by atomic mass is 10.0. The van der Waals surface area contributed by atoms with Gasteiger partial charge in [0.2, 0.25) is 0 Å². The summed E-state index contributed by atoms with van der Waals surface area (Å²) in [5.41, 5.74) is 1.12. The van der Waals surface area contributed by atoms with E-state index in [0.29, 0.717) is 17.8 Å². The first kappa shape index (κ1) is 10.3. The third-order valence-electron chi connectivity index (χ3n) is 4.42. The summed E-state index contributed by atoms with van der Waals surface area (Å²) in [7, 11) is 0. The van der Waals surface area contributed by atoms with Crippen molar-refractivity contribution in [2.24, 2.45) is 11.8 Å². The molecule has 4 atom stereocenters. The minimum atomic E-state index is -0.295. The van der Waals surface area contributed by atoms with Crippen molar-refractivity contribution >= 4 is 0 Å². The minimum Gasteiger partial charge on any atom is -0.389 e. The van der Waals surface area contributed by atoms with E-state index in [0.717, 1.165) is 6.42 Å². The minimum absolute atomic E-state index is 0.295. The van der Waals surface area contributed by atoms with Gasteiger partial charge in [0.1, 0.15) is 0 Å². The molecule has 1 aromatic carbocycles. The molecule has 0 aromatic heterocycles. The molecule has 86 valence electrons. The Hall–Kier alpha value is -0.820. The molecular weight excluding hydrogens is 196 g/mol. The van der Waals surface area contributed by atoms with E-state index in [1.807, 2.05) is 0 Å². The third-order valence-corrected chi connectivity index (χ3v) is 4.42. The Balaban J connectivity index is 1.65. The van der Waals surface area contributed by atoms with Crippen LogP contribution in [0.1, 0.15) is 44.1 Å². The van der Waals surface area contributed by atoms with Gasteiger partial charge in [-0.15, -0.1) is 0 Å². The Morgan fingerprint density at radius 2 is 2.06 bits per heavy atom. The van der Waals surface area contributed by atoms with Gasteiger partial charge in [0.05, 0.1) is 5.60 Å². The van der Waals surface area contributed by atoms with Gasteiger partial charge in [0.25, 0.3) is 0 Å². The molecule has 0 saturated heterocycles. The highest BCUT2D eigenvalue weighted by Crippen LogP contribution is 2.65. The highest BCUT2D eigenvalue weighted by Gasteiger charge is 2.64. The molecule has 2 fully saturated rings. The van der Waals surface area contributed by atoms with Crippen LogP contribution in [0.4, 0.5) is 0 Å². The normalized spacial score (nSPS) is 40.8. The highest BCUT2D eigenvalue weighted by atomic mass is 16.3. The van der Waals surface area contributed by atoms with Crippen molar-refractivity contribution in [3.8, 4) is 0 Å². The van der Waals surface area contributed by atoms with Gasteiger partial charge in [0, 0.05) is 0 Å². The van der Waals surface area contributed by atoms with Crippen LogP contribution in [0.15, 0.2) is 30.3 Å². The molecule has 0 aliphatic heterocycles. The lowest BCUT2D eigenvalue weighted by Crippen LogP contribution is -2.15. The van der Waals surface area contributed by atoms with E-state index in [2.05, 4.69) is 37.3 Å². The van der Waals surface area contributed by atoms with Crippen LogP contribution in [-0.2, 0) is 0 Å². The predicted octanol–water partition coefficient (Wildman–Crippen LogP) is 3.34. The molecule has 1 nitrogen and oxygen atoms in total. The Kier molecular flexibility index (Phi) is 2.32. The van der Waals surface area contributed by atoms with Crippen molar-refractivity contribution in [3.05, 3.63) is 35.9 Å². The van der Waals surface area contributed by atoms with E-state index in [4.69, 9.17) is 0 Å². The molecule has 1 aromatic rings. The standard InChI is InChI=1S/C15H20O/c1-2-6-12-10-15(12,16)14-9-13(14)11-7-4-3-5-8-11/h3-5,7-8,12-14,16H,2,6,9-10H2,1H3. The average molecular weight is 216 g/mol. The van der Waals surface area contributed by atoms with E-state index in [1.54, 1.807) is 0 Å². The second kappa shape index (κ2) is 3.59. The molecule has 0 radical (unpaired) electrons. The van der Waals surface area contributed by atoms with Crippen LogP contribution in [0.25, 0.3) is 0 Å². The number of hydrogen-bond donors (Lipinski definition) is 1. The second-order valence-electron chi connectivity index (χ2n) is 5.54. The highest BCUT2D eigenvalue weighted by molar-refractivity contribution is 5.30. The summed E-state index contributed by atoms with van der Waals surface area (Å²) in [6.07, 6.45) is 4.65. The van der Waals surface area contributed by atoms with Gasteiger partial charge in [-0.1, -0.05) is 43.7 Å². The molecular formula is C15H20O. The quantitative estimate of drug-likeness (QED) is 0.818. The molecule has 0 heterocycles. The molecule has 1 N–H and O–H groups in total. The number of hydrogen-bond acceptors (Lipinski definition) is 1. The zero-order valence-corrected chi connectivity index (χ0v) is 9.89. The van der Waals surface area contributed by atoms with Crippen molar-refractivity contribution < 1.29 is 5.11 Å². The molecule has 4 unspecified atom stereocenters. The molecule has 2 aliphatic rings. The lowest BCUT2D eigenvalue weighted by Gasteiger charge is -2.09. The van der Waals surface area contributed by atoms with Crippen LogP contribution < -0.4 is 0 Å². The Labute approximate surface area is 97.5 Å². The topological polar surface area (TPSA) is 20.2 Å². The van der Waals surface area contributed by atoms with Crippen LogP contribution in [0.5, 0.6) is 0 Å². The van der Waals surface area contributed by atoms with Crippen LogP contribution in [-0.4, -0.2) is 10.7 Å². The van der Waals surface area contributed by atoms with Gasteiger partial charge in [-0.05, 0) is 42.6 Å². The predicted molar refractivity (Wildman–Crippen MR) is 65.3 cm³/mol. The van der Waals surface area contributed by atoms with E-state index in [9.17, 15) is 5.11 Å². The fourth-order valence-electron chi connectivity index (χ4n) is 3.31. The molecule has 16 heavy (non-hydrogen) atoms. The van der Waals surface area contributed by atoms with E-state index in [-0.39, 0.29) is 5.60 Å². The molecule has 0 bridgehead atoms.